The van der Waals surface area contributed by atoms with Gasteiger partial charge in [-0.25, -0.2) is 22.9 Å². The number of aryl methyl sites for hydroxylation is 2. The van der Waals surface area contributed by atoms with Gasteiger partial charge in [0.25, 0.3) is 0 Å². The lowest BCUT2D eigenvalue weighted by Crippen LogP contribution is -2.48. The summed E-state index contributed by atoms with van der Waals surface area (Å²) in [6, 6.07) is 14.3. The van der Waals surface area contributed by atoms with Crippen molar-refractivity contribution >= 4 is 62.0 Å². The number of benzene rings is 3. The van der Waals surface area contributed by atoms with Gasteiger partial charge < -0.3 is 28.9 Å². The highest BCUT2D eigenvalue weighted by molar-refractivity contribution is 6.04. The van der Waals surface area contributed by atoms with Gasteiger partial charge in [0.1, 0.15) is 42.2 Å². The molecule has 412 valence electrons. The molecule has 7 aliphatic rings. The van der Waals surface area contributed by atoms with Gasteiger partial charge in [-0.15, -0.1) is 6.42 Å². The van der Waals surface area contributed by atoms with E-state index < -0.39 is 23.7 Å². The SMILES string of the molecule is C#Cc1c(F)ccc2cccc(-c3nc4c5c(nc(OC[C@@]67CCCN6[C@H](COC(=O)N6CCC(C[C@@H]8CCN(c9ccc%10c(C%11CCC(=O)NC%11=O)nn(C)c%10c9)C[C@@H]8F)CC6)CC7)nc5c3F)N3CCCOC[C@@H]3CC4)c12. The van der Waals surface area contributed by atoms with E-state index >= 15 is 13.2 Å². The van der Waals surface area contributed by atoms with E-state index in [-0.39, 0.29) is 83.9 Å². The minimum atomic E-state index is -0.992. The number of hydrogen-bond acceptors (Lipinski definition) is 13. The number of likely N-dealkylation sites (tertiary alicyclic amines) is 1. The maximum atomic E-state index is 17.5. The van der Waals surface area contributed by atoms with Gasteiger partial charge in [0.05, 0.1) is 52.0 Å². The lowest BCUT2D eigenvalue weighted by molar-refractivity contribution is -0.134. The summed E-state index contributed by atoms with van der Waals surface area (Å²) < 4.78 is 69.2. The molecular formula is C60H65F3N10O6. The summed E-state index contributed by atoms with van der Waals surface area (Å²) in [6.45, 7) is 5.31. The summed E-state index contributed by atoms with van der Waals surface area (Å²) in [6.07, 6.45) is 13.9. The zero-order valence-corrected chi connectivity index (χ0v) is 44.5. The Morgan fingerprint density at radius 1 is 0.937 bits per heavy atom. The number of terminal acetylenes is 1. The van der Waals surface area contributed by atoms with Crippen LogP contribution in [0.5, 0.6) is 6.01 Å². The number of imide groups is 1. The molecule has 3 aromatic carbocycles. The van der Waals surface area contributed by atoms with E-state index in [1.807, 2.05) is 31.3 Å². The van der Waals surface area contributed by atoms with Crippen molar-refractivity contribution in [3.63, 3.8) is 0 Å². The predicted molar refractivity (Wildman–Crippen MR) is 292 cm³/mol. The lowest BCUT2D eigenvalue weighted by Gasteiger charge is -2.39. The van der Waals surface area contributed by atoms with E-state index in [1.165, 1.54) is 6.07 Å². The number of ether oxygens (including phenoxy) is 3. The van der Waals surface area contributed by atoms with Crippen molar-refractivity contribution in [1.29, 1.82) is 0 Å². The number of halogens is 3. The minimum Gasteiger partial charge on any atom is -0.461 e. The fourth-order valence-electron chi connectivity index (χ4n) is 14.3. The van der Waals surface area contributed by atoms with E-state index in [4.69, 9.17) is 35.6 Å². The van der Waals surface area contributed by atoms with E-state index in [2.05, 4.69) is 31.0 Å². The Morgan fingerprint density at radius 2 is 1.81 bits per heavy atom. The zero-order chi connectivity index (χ0) is 54.1. The van der Waals surface area contributed by atoms with Crippen molar-refractivity contribution in [1.82, 2.24) is 39.8 Å². The summed E-state index contributed by atoms with van der Waals surface area (Å²) >= 11 is 0. The maximum Gasteiger partial charge on any atom is 0.409 e. The maximum absolute atomic E-state index is 17.5. The van der Waals surface area contributed by atoms with Crippen LogP contribution in [0.15, 0.2) is 48.5 Å². The van der Waals surface area contributed by atoms with Crippen LogP contribution in [0.2, 0.25) is 0 Å². The molecule has 0 aliphatic carbocycles. The second-order valence-electron chi connectivity index (χ2n) is 23.0. The van der Waals surface area contributed by atoms with Gasteiger partial charge in [0.2, 0.25) is 11.8 Å². The quantitative estimate of drug-likeness (QED) is 0.103. The Kier molecular flexibility index (Phi) is 13.6. The summed E-state index contributed by atoms with van der Waals surface area (Å²) in [4.78, 5) is 61.4. The van der Waals surface area contributed by atoms with E-state index in [1.54, 1.807) is 27.8 Å². The van der Waals surface area contributed by atoms with Crippen LogP contribution in [0, 0.1) is 35.8 Å². The van der Waals surface area contributed by atoms with Gasteiger partial charge in [-0.1, -0.05) is 30.2 Å². The molecule has 6 fully saturated rings. The molecule has 6 saturated heterocycles. The molecule has 0 saturated carbocycles. The monoisotopic (exact) mass is 1080 g/mol. The Balaban J connectivity index is 0.638. The number of hydrogen-bond donors (Lipinski definition) is 1. The van der Waals surface area contributed by atoms with Gasteiger partial charge in [0.15, 0.2) is 5.82 Å². The van der Waals surface area contributed by atoms with Gasteiger partial charge in [-0.3, -0.25) is 24.5 Å². The average Bonchev–Trinajstić information content (AvgIpc) is 4.26. The molecule has 1 N–H and O–H groups in total. The van der Waals surface area contributed by atoms with Gasteiger partial charge in [-0.2, -0.15) is 15.1 Å². The number of nitrogens with zero attached hydrogens (tertiary/aromatic N) is 9. The molecule has 0 bridgehead atoms. The van der Waals surface area contributed by atoms with Crippen molar-refractivity contribution in [3.8, 4) is 29.6 Å². The van der Waals surface area contributed by atoms with Crippen molar-refractivity contribution in [3.05, 3.63) is 77.1 Å². The smallest absolute Gasteiger partial charge is 0.409 e. The Morgan fingerprint density at radius 3 is 2.65 bits per heavy atom. The van der Waals surface area contributed by atoms with Crippen molar-refractivity contribution in [2.24, 2.45) is 18.9 Å². The van der Waals surface area contributed by atoms with Gasteiger partial charge in [-0.05, 0) is 125 Å². The van der Waals surface area contributed by atoms with Crippen LogP contribution < -0.4 is 19.9 Å². The highest BCUT2D eigenvalue weighted by Gasteiger charge is 2.50. The molecule has 1 unspecified atom stereocenters. The van der Waals surface area contributed by atoms with Crippen LogP contribution in [0.3, 0.4) is 0 Å². The number of rotatable bonds is 10. The van der Waals surface area contributed by atoms with Crippen LogP contribution >= 0.6 is 0 Å². The molecule has 6 aromatic rings. The Labute approximate surface area is 456 Å². The molecule has 16 nitrogen and oxygen atoms in total. The number of carbonyl (C=O) groups is 3. The summed E-state index contributed by atoms with van der Waals surface area (Å²) in [5.74, 6) is 1.03. The second-order valence-corrected chi connectivity index (χ2v) is 23.0. The largest absolute Gasteiger partial charge is 0.461 e. The number of fused-ring (bicyclic) bond motifs is 5. The topological polar surface area (TPSA) is 160 Å². The van der Waals surface area contributed by atoms with Crippen LogP contribution in [0.1, 0.15) is 99.9 Å². The van der Waals surface area contributed by atoms with Crippen LogP contribution in [-0.2, 0) is 32.5 Å². The van der Waals surface area contributed by atoms with Crippen LogP contribution in [0.4, 0.5) is 29.5 Å². The minimum absolute atomic E-state index is 0.00779. The number of amides is 3. The molecule has 7 aliphatic heterocycles. The highest BCUT2D eigenvalue weighted by Crippen LogP contribution is 2.45. The first-order chi connectivity index (χ1) is 38.4. The zero-order valence-electron chi connectivity index (χ0n) is 44.5. The third-order valence-electron chi connectivity index (χ3n) is 18.5. The third kappa shape index (κ3) is 9.35. The molecule has 0 radical (unpaired) electrons. The molecular weight excluding hydrogens is 1010 g/mol. The van der Waals surface area contributed by atoms with Crippen molar-refractivity contribution in [2.45, 2.75) is 113 Å². The fraction of sp³-hybridized carbons (Fsp3) is 0.517. The molecule has 0 spiro atoms. The Hall–Kier alpha value is -7.04. The van der Waals surface area contributed by atoms with Crippen LogP contribution in [0.25, 0.3) is 43.8 Å². The molecule has 6 atom stereocenters. The second kappa shape index (κ2) is 20.9. The molecule has 10 heterocycles. The van der Waals surface area contributed by atoms with E-state index in [9.17, 15) is 14.4 Å². The molecule has 3 aromatic heterocycles. The fourth-order valence-corrected chi connectivity index (χ4v) is 14.3. The van der Waals surface area contributed by atoms with Crippen molar-refractivity contribution in [2.75, 3.05) is 75.5 Å². The number of piperidine rings is 3. The number of alkyl halides is 1. The van der Waals surface area contributed by atoms with Gasteiger partial charge in [0, 0.05) is 80.9 Å². The van der Waals surface area contributed by atoms with Crippen LogP contribution in [-0.4, -0.2) is 142 Å². The number of carbonyl (C=O) groups excluding carboxylic acids is 3. The number of pyridine rings is 1. The molecule has 19 heteroatoms. The summed E-state index contributed by atoms with van der Waals surface area (Å²) in [5, 5.41) is 9.60. The summed E-state index contributed by atoms with van der Waals surface area (Å²) in [5.41, 5.74) is 3.33. The number of aromatic nitrogens is 5. The average molecular weight is 1080 g/mol. The molecule has 3 amide bonds. The number of anilines is 2. The predicted octanol–water partition coefficient (Wildman–Crippen LogP) is 8.53. The third-order valence-corrected chi connectivity index (χ3v) is 18.5. The first-order valence-corrected chi connectivity index (χ1v) is 28.4. The van der Waals surface area contributed by atoms with E-state index in [0.717, 1.165) is 87.5 Å². The standard InChI is InChI=1S/C60H65F3N10O6/c1-3-41-45(61)14-9-36-7-4-8-43(50(36)41)54-52(63)55-51-47(64-54)15-11-39-32-77-28-6-23-72(39)56(51)67-58(66-55)79-34-60-21-5-24-73(60)40(17-22-60)33-78-59(76)70-25-18-35(19-26-70)29-37-20-27-71(31-46(37)62)38-10-12-42-48(30-38)69(2)68-53(42)44-13-16-49(74)65-57(44)75/h1,4,7-10,12,14,30,35,37,39-40,44,46H,5-6,11,13,15-29,31-34H2,2H3,(H,65,74,75)/t37-,39-,40-,44?,46-,60-/m0/s1. The molecule has 79 heavy (non-hydrogen) atoms. The van der Waals surface area contributed by atoms with E-state index in [0.29, 0.717) is 104 Å². The molecule has 13 rings (SSSR count). The number of nitrogens with one attached hydrogen (secondary N) is 1. The van der Waals surface area contributed by atoms with Crippen molar-refractivity contribution < 1.29 is 41.8 Å². The normalized spacial score (nSPS) is 25.8. The highest BCUT2D eigenvalue weighted by atomic mass is 19.1. The van der Waals surface area contributed by atoms with Gasteiger partial charge >= 0.3 is 12.1 Å². The first kappa shape index (κ1) is 51.4. The first-order valence-electron chi connectivity index (χ1n) is 28.4. The Bertz CT molecular complexity index is 3450. The summed E-state index contributed by atoms with van der Waals surface area (Å²) in [7, 11) is 1.84. The lowest BCUT2D eigenvalue weighted by atomic mass is 9.82.